The van der Waals surface area contributed by atoms with E-state index in [2.05, 4.69) is 4.98 Å². The van der Waals surface area contributed by atoms with Crippen LogP contribution in [0.25, 0.3) is 22.4 Å². The highest BCUT2D eigenvalue weighted by Gasteiger charge is 2.15. The molecule has 0 aliphatic carbocycles. The number of nitrogens with two attached hydrogens (primary N) is 2. The minimum atomic E-state index is -0.550. The molecule has 3 rings (SSSR count). The number of hydrogen-bond acceptors (Lipinski definition) is 5. The van der Waals surface area contributed by atoms with E-state index in [-0.39, 0.29) is 17.1 Å². The number of carbonyl (C=O) groups is 1. The molecule has 3 aromatic rings. The van der Waals surface area contributed by atoms with E-state index in [4.69, 9.17) is 16.2 Å². The molecule has 0 bridgehead atoms. The molecule has 0 atom stereocenters. The summed E-state index contributed by atoms with van der Waals surface area (Å²) in [6.07, 6.45) is 0. The van der Waals surface area contributed by atoms with Gasteiger partial charge in [-0.25, -0.2) is 9.37 Å². The molecule has 6 nitrogen and oxygen atoms in total. The van der Waals surface area contributed by atoms with Gasteiger partial charge in [-0.15, -0.1) is 0 Å². The third kappa shape index (κ3) is 3.41. The molecule has 0 fully saturated rings. The van der Waals surface area contributed by atoms with E-state index in [1.807, 2.05) is 6.07 Å². The lowest BCUT2D eigenvalue weighted by molar-refractivity contribution is 0.100. The fourth-order valence-electron chi connectivity index (χ4n) is 2.70. The number of primary amides is 1. The monoisotopic (exact) mass is 362 g/mol. The van der Waals surface area contributed by atoms with Gasteiger partial charge in [0.25, 0.3) is 0 Å². The van der Waals surface area contributed by atoms with Gasteiger partial charge in [0, 0.05) is 16.7 Å². The Morgan fingerprint density at radius 3 is 2.37 bits per heavy atom. The highest BCUT2D eigenvalue weighted by molar-refractivity contribution is 5.93. The van der Waals surface area contributed by atoms with E-state index in [9.17, 15) is 14.4 Å². The summed E-state index contributed by atoms with van der Waals surface area (Å²) in [5, 5.41) is 9.46. The number of nitrogen functional groups attached to an aromatic ring is 1. The molecule has 2 aromatic carbocycles. The number of anilines is 1. The van der Waals surface area contributed by atoms with Crippen molar-refractivity contribution in [2.75, 3.05) is 12.8 Å². The minimum Gasteiger partial charge on any atom is -0.494 e. The van der Waals surface area contributed by atoms with Gasteiger partial charge in [0.05, 0.1) is 12.8 Å². The molecular formula is C20H15FN4O2. The van der Waals surface area contributed by atoms with Gasteiger partial charge in [-0.1, -0.05) is 12.1 Å². The van der Waals surface area contributed by atoms with Crippen LogP contribution in [-0.4, -0.2) is 18.0 Å². The quantitative estimate of drug-likeness (QED) is 0.740. The number of ether oxygens (including phenoxy) is 1. The van der Waals surface area contributed by atoms with E-state index in [1.165, 1.54) is 19.2 Å². The Morgan fingerprint density at radius 1 is 1.15 bits per heavy atom. The second kappa shape index (κ2) is 7.14. The Labute approximate surface area is 154 Å². The van der Waals surface area contributed by atoms with Crippen LogP contribution in [0.1, 0.15) is 15.9 Å². The highest BCUT2D eigenvalue weighted by atomic mass is 19.1. The minimum absolute atomic E-state index is 0.0280. The first-order valence-electron chi connectivity index (χ1n) is 7.89. The third-order valence-corrected chi connectivity index (χ3v) is 4.09. The molecule has 1 heterocycles. The summed E-state index contributed by atoms with van der Waals surface area (Å²) >= 11 is 0. The summed E-state index contributed by atoms with van der Waals surface area (Å²) in [5.74, 6) is -0.944. The molecule has 0 spiro atoms. The summed E-state index contributed by atoms with van der Waals surface area (Å²) in [7, 11) is 1.38. The molecule has 0 unspecified atom stereocenters. The number of halogens is 1. The zero-order chi connectivity index (χ0) is 19.6. The Morgan fingerprint density at radius 2 is 1.81 bits per heavy atom. The molecule has 0 aliphatic heterocycles. The maximum atomic E-state index is 14.0. The first kappa shape index (κ1) is 17.9. The van der Waals surface area contributed by atoms with Crippen LogP contribution >= 0.6 is 0 Å². The molecule has 0 saturated heterocycles. The van der Waals surface area contributed by atoms with Gasteiger partial charge in [-0.05, 0) is 42.0 Å². The van der Waals surface area contributed by atoms with E-state index < -0.39 is 11.7 Å². The second-order valence-corrected chi connectivity index (χ2v) is 5.72. The maximum absolute atomic E-state index is 14.0. The van der Waals surface area contributed by atoms with Crippen molar-refractivity contribution < 1.29 is 13.9 Å². The van der Waals surface area contributed by atoms with Crippen molar-refractivity contribution >= 4 is 11.7 Å². The molecule has 1 aromatic heterocycles. The first-order chi connectivity index (χ1) is 12.9. The zero-order valence-corrected chi connectivity index (χ0v) is 14.4. The number of methoxy groups -OCH3 is 1. The smallest absolute Gasteiger partial charge is 0.248 e. The lowest BCUT2D eigenvalue weighted by atomic mass is 9.97. The Bertz CT molecular complexity index is 1070. The van der Waals surface area contributed by atoms with Crippen LogP contribution in [0.2, 0.25) is 0 Å². The molecule has 134 valence electrons. The Kier molecular flexibility index (Phi) is 4.73. The molecular weight excluding hydrogens is 347 g/mol. The number of amides is 1. The van der Waals surface area contributed by atoms with Gasteiger partial charge in [-0.2, -0.15) is 5.26 Å². The fourth-order valence-corrected chi connectivity index (χ4v) is 2.70. The van der Waals surface area contributed by atoms with Crippen LogP contribution in [-0.2, 0) is 0 Å². The van der Waals surface area contributed by atoms with Crippen molar-refractivity contribution in [3.8, 4) is 34.2 Å². The van der Waals surface area contributed by atoms with Gasteiger partial charge in [0.15, 0.2) is 11.6 Å². The van der Waals surface area contributed by atoms with E-state index in [1.54, 1.807) is 36.4 Å². The number of carbonyl (C=O) groups excluding carboxylic acids is 1. The lowest BCUT2D eigenvalue weighted by Gasteiger charge is -2.11. The molecule has 0 saturated carbocycles. The summed E-state index contributed by atoms with van der Waals surface area (Å²) in [6.45, 7) is 0. The van der Waals surface area contributed by atoms with Crippen LogP contribution in [0.5, 0.6) is 5.75 Å². The molecule has 0 aliphatic rings. The van der Waals surface area contributed by atoms with E-state index in [0.717, 1.165) is 0 Å². The summed E-state index contributed by atoms with van der Waals surface area (Å²) < 4.78 is 19.0. The van der Waals surface area contributed by atoms with Gasteiger partial charge in [0.2, 0.25) is 5.91 Å². The number of benzene rings is 2. The average molecular weight is 362 g/mol. The van der Waals surface area contributed by atoms with Crippen LogP contribution in [0, 0.1) is 17.1 Å². The average Bonchev–Trinajstić information content (AvgIpc) is 2.67. The van der Waals surface area contributed by atoms with E-state index in [0.29, 0.717) is 27.9 Å². The van der Waals surface area contributed by atoms with Crippen molar-refractivity contribution in [3.63, 3.8) is 0 Å². The van der Waals surface area contributed by atoms with Crippen molar-refractivity contribution in [2.24, 2.45) is 5.73 Å². The molecule has 27 heavy (non-hydrogen) atoms. The van der Waals surface area contributed by atoms with Crippen molar-refractivity contribution in [1.29, 1.82) is 5.26 Å². The van der Waals surface area contributed by atoms with Crippen LogP contribution in [0.4, 0.5) is 10.2 Å². The van der Waals surface area contributed by atoms with Gasteiger partial charge >= 0.3 is 0 Å². The normalized spacial score (nSPS) is 10.3. The summed E-state index contributed by atoms with van der Waals surface area (Å²) in [4.78, 5) is 15.5. The summed E-state index contributed by atoms with van der Waals surface area (Å²) in [5.41, 5.74) is 13.8. The Hall–Kier alpha value is -3.92. The standard InChI is InChI=1S/C20H15FN4O2/c1-27-18-7-6-13(8-16(18)21)17-9-14(15(10-22)19(23)25-17)11-2-4-12(5-3-11)20(24)26/h2-9H,1H3,(H2,23,25)(H2,24,26). The molecule has 0 radical (unpaired) electrons. The molecule has 7 heteroatoms. The van der Waals surface area contributed by atoms with Crippen LogP contribution < -0.4 is 16.2 Å². The first-order valence-corrected chi connectivity index (χ1v) is 7.89. The van der Waals surface area contributed by atoms with Gasteiger partial charge in [0.1, 0.15) is 17.5 Å². The topological polar surface area (TPSA) is 115 Å². The largest absolute Gasteiger partial charge is 0.494 e. The van der Waals surface area contributed by atoms with Crippen LogP contribution in [0.15, 0.2) is 48.5 Å². The Balaban J connectivity index is 2.15. The third-order valence-electron chi connectivity index (χ3n) is 4.09. The van der Waals surface area contributed by atoms with Crippen molar-refractivity contribution in [1.82, 2.24) is 4.98 Å². The predicted octanol–water partition coefficient (Wildman–Crippen LogP) is 3.12. The maximum Gasteiger partial charge on any atom is 0.248 e. The van der Waals surface area contributed by atoms with Crippen molar-refractivity contribution in [3.05, 3.63) is 65.5 Å². The predicted molar refractivity (Wildman–Crippen MR) is 99.3 cm³/mol. The number of hydrogen-bond donors (Lipinski definition) is 2. The number of rotatable bonds is 4. The molecule has 4 N–H and O–H groups in total. The lowest BCUT2D eigenvalue weighted by Crippen LogP contribution is -2.10. The van der Waals surface area contributed by atoms with E-state index >= 15 is 0 Å². The second-order valence-electron chi connectivity index (χ2n) is 5.72. The number of nitrogens with zero attached hydrogens (tertiary/aromatic N) is 2. The summed E-state index contributed by atoms with van der Waals surface area (Å²) in [6, 6.07) is 14.5. The zero-order valence-electron chi connectivity index (χ0n) is 14.4. The number of pyridine rings is 1. The SMILES string of the molecule is COc1ccc(-c2cc(-c3ccc(C(N)=O)cc3)c(C#N)c(N)n2)cc1F. The van der Waals surface area contributed by atoms with Gasteiger partial charge < -0.3 is 16.2 Å². The van der Waals surface area contributed by atoms with Crippen LogP contribution in [0.3, 0.4) is 0 Å². The van der Waals surface area contributed by atoms with Crippen molar-refractivity contribution in [2.45, 2.75) is 0 Å². The van der Waals surface area contributed by atoms with Gasteiger partial charge in [-0.3, -0.25) is 4.79 Å². The number of nitriles is 1. The number of aromatic nitrogens is 1. The molecule has 1 amide bonds. The highest BCUT2D eigenvalue weighted by Crippen LogP contribution is 2.32. The fraction of sp³-hybridized carbons (Fsp3) is 0.0500.